The standard InChI is InChI=1S/C36H40N2O6/c1-36(2,3)43-35(40)44-38-20-19-32(33(23-38)42-24-27-13-14-28-11-7-8-12-30(28)21-27)29-15-17-31(18-16-29)41-25-34(39)37-22-26-9-5-4-6-10-26/h4-18,21,32-33H,19-20,22-25H2,1-3H3,(H,37,39). The van der Waals surface area contributed by atoms with E-state index >= 15 is 0 Å². The first-order valence-corrected chi connectivity index (χ1v) is 15.0. The number of hydrogen-bond acceptors (Lipinski definition) is 7. The highest BCUT2D eigenvalue weighted by Crippen LogP contribution is 2.33. The van der Waals surface area contributed by atoms with Gasteiger partial charge in [0.1, 0.15) is 11.4 Å². The van der Waals surface area contributed by atoms with Gasteiger partial charge in [0.25, 0.3) is 5.91 Å². The Balaban J connectivity index is 1.21. The Hall–Kier alpha value is -4.40. The van der Waals surface area contributed by atoms with Crippen molar-refractivity contribution in [3.05, 3.63) is 114 Å². The smallest absolute Gasteiger partial charge is 0.484 e. The first-order valence-electron chi connectivity index (χ1n) is 15.0. The fraction of sp³-hybridized carbons (Fsp3) is 0.333. The van der Waals surface area contributed by atoms with E-state index in [4.69, 9.17) is 19.0 Å². The van der Waals surface area contributed by atoms with Crippen LogP contribution in [0.2, 0.25) is 0 Å². The molecular formula is C36H40N2O6. The van der Waals surface area contributed by atoms with Gasteiger partial charge in [-0.2, -0.15) is 0 Å². The molecule has 2 unspecified atom stereocenters. The molecule has 2 atom stereocenters. The number of nitrogens with zero attached hydrogens (tertiary/aromatic N) is 1. The lowest BCUT2D eigenvalue weighted by Crippen LogP contribution is -2.45. The predicted molar refractivity (Wildman–Crippen MR) is 169 cm³/mol. The van der Waals surface area contributed by atoms with Crippen molar-refractivity contribution in [3.8, 4) is 5.75 Å². The lowest BCUT2D eigenvalue weighted by molar-refractivity contribution is -0.179. The summed E-state index contributed by atoms with van der Waals surface area (Å²) in [4.78, 5) is 30.2. The maximum absolute atomic E-state index is 12.4. The number of benzene rings is 4. The van der Waals surface area contributed by atoms with Gasteiger partial charge >= 0.3 is 6.16 Å². The van der Waals surface area contributed by atoms with Crippen LogP contribution in [-0.4, -0.2) is 48.5 Å². The van der Waals surface area contributed by atoms with Crippen molar-refractivity contribution in [1.29, 1.82) is 0 Å². The van der Waals surface area contributed by atoms with Crippen LogP contribution in [0.1, 0.15) is 49.8 Å². The minimum Gasteiger partial charge on any atom is -0.484 e. The summed E-state index contributed by atoms with van der Waals surface area (Å²) in [6.45, 7) is 7.17. The number of hydroxylamine groups is 2. The molecule has 1 N–H and O–H groups in total. The molecule has 1 fully saturated rings. The van der Waals surface area contributed by atoms with Gasteiger partial charge in [-0.15, -0.1) is 5.06 Å². The van der Waals surface area contributed by atoms with Gasteiger partial charge < -0.3 is 24.4 Å². The van der Waals surface area contributed by atoms with Gasteiger partial charge in [-0.25, -0.2) is 4.79 Å². The molecule has 0 radical (unpaired) electrons. The number of amides is 1. The monoisotopic (exact) mass is 596 g/mol. The Bertz CT molecular complexity index is 1530. The van der Waals surface area contributed by atoms with E-state index < -0.39 is 11.8 Å². The summed E-state index contributed by atoms with van der Waals surface area (Å²) < 4.78 is 17.6. The number of nitrogens with one attached hydrogen (secondary N) is 1. The number of carbonyl (C=O) groups excluding carboxylic acids is 2. The number of fused-ring (bicyclic) bond motifs is 1. The normalized spacial score (nSPS) is 17.2. The van der Waals surface area contributed by atoms with E-state index in [2.05, 4.69) is 35.6 Å². The van der Waals surface area contributed by atoms with Crippen LogP contribution in [-0.2, 0) is 32.3 Å². The third-order valence-corrected chi connectivity index (χ3v) is 7.40. The second kappa shape index (κ2) is 14.4. The number of piperidine rings is 1. The highest BCUT2D eigenvalue weighted by Gasteiger charge is 2.34. The van der Waals surface area contributed by atoms with Crippen molar-refractivity contribution in [3.63, 3.8) is 0 Å². The van der Waals surface area contributed by atoms with Crippen molar-refractivity contribution in [2.45, 2.75) is 58.0 Å². The van der Waals surface area contributed by atoms with Gasteiger partial charge in [-0.1, -0.05) is 78.9 Å². The van der Waals surface area contributed by atoms with E-state index in [1.807, 2.05) is 66.7 Å². The van der Waals surface area contributed by atoms with Gasteiger partial charge in [0.2, 0.25) is 0 Å². The van der Waals surface area contributed by atoms with Crippen molar-refractivity contribution in [1.82, 2.24) is 10.4 Å². The molecule has 8 heteroatoms. The van der Waals surface area contributed by atoms with Gasteiger partial charge in [-0.3, -0.25) is 4.79 Å². The molecule has 0 spiro atoms. The van der Waals surface area contributed by atoms with E-state index in [0.29, 0.717) is 38.4 Å². The molecule has 4 aromatic carbocycles. The molecule has 0 aromatic heterocycles. The predicted octanol–water partition coefficient (Wildman–Crippen LogP) is 6.78. The minimum absolute atomic E-state index is 0.0654. The summed E-state index contributed by atoms with van der Waals surface area (Å²) in [5, 5.41) is 6.84. The molecule has 0 aliphatic carbocycles. The first kappa shape index (κ1) is 31.0. The number of hydrogen-bond donors (Lipinski definition) is 1. The maximum Gasteiger partial charge on any atom is 0.528 e. The summed E-state index contributed by atoms with van der Waals surface area (Å²) >= 11 is 0. The van der Waals surface area contributed by atoms with Crippen LogP contribution in [0.5, 0.6) is 5.75 Å². The zero-order valence-corrected chi connectivity index (χ0v) is 25.5. The van der Waals surface area contributed by atoms with Crippen LogP contribution in [0.15, 0.2) is 97.1 Å². The number of rotatable bonds is 10. The fourth-order valence-electron chi connectivity index (χ4n) is 5.23. The van der Waals surface area contributed by atoms with Crippen LogP contribution in [0.25, 0.3) is 10.8 Å². The van der Waals surface area contributed by atoms with Crippen molar-refractivity contribution >= 4 is 22.8 Å². The fourth-order valence-corrected chi connectivity index (χ4v) is 5.23. The largest absolute Gasteiger partial charge is 0.528 e. The highest BCUT2D eigenvalue weighted by molar-refractivity contribution is 5.83. The van der Waals surface area contributed by atoms with Crippen LogP contribution in [0, 0.1) is 0 Å². The van der Waals surface area contributed by atoms with E-state index in [1.54, 1.807) is 25.8 Å². The molecule has 5 rings (SSSR count). The molecular weight excluding hydrogens is 556 g/mol. The van der Waals surface area contributed by atoms with E-state index in [0.717, 1.165) is 22.1 Å². The zero-order valence-electron chi connectivity index (χ0n) is 25.5. The molecule has 0 bridgehead atoms. The molecule has 8 nitrogen and oxygen atoms in total. The average molecular weight is 597 g/mol. The molecule has 1 aliphatic heterocycles. The van der Waals surface area contributed by atoms with Crippen molar-refractivity contribution < 1.29 is 28.6 Å². The molecule has 1 heterocycles. The maximum atomic E-state index is 12.4. The molecule has 0 saturated carbocycles. The molecule has 4 aromatic rings. The summed E-state index contributed by atoms with van der Waals surface area (Å²) in [7, 11) is 0. The lowest BCUT2D eigenvalue weighted by atomic mass is 9.87. The van der Waals surface area contributed by atoms with Crippen LogP contribution in [0.4, 0.5) is 4.79 Å². The topological polar surface area (TPSA) is 86.3 Å². The summed E-state index contributed by atoms with van der Waals surface area (Å²) in [6, 6.07) is 32.1. The molecule has 44 heavy (non-hydrogen) atoms. The van der Waals surface area contributed by atoms with Crippen molar-refractivity contribution in [2.75, 3.05) is 19.7 Å². The highest BCUT2D eigenvalue weighted by atomic mass is 16.8. The Morgan fingerprint density at radius 3 is 2.34 bits per heavy atom. The Morgan fingerprint density at radius 2 is 1.59 bits per heavy atom. The van der Waals surface area contributed by atoms with E-state index in [1.165, 1.54) is 5.39 Å². The van der Waals surface area contributed by atoms with Crippen LogP contribution in [0.3, 0.4) is 0 Å². The van der Waals surface area contributed by atoms with Crippen molar-refractivity contribution in [2.24, 2.45) is 0 Å². The summed E-state index contributed by atoms with van der Waals surface area (Å²) in [5.74, 6) is 0.498. The van der Waals surface area contributed by atoms with Gasteiger partial charge in [0.05, 0.1) is 19.3 Å². The molecule has 1 amide bonds. The SMILES string of the molecule is CC(C)(C)OC(=O)ON1CCC(c2ccc(OCC(=O)NCc3ccccc3)cc2)C(OCc2ccc3ccccc3c2)C1. The van der Waals surface area contributed by atoms with Crippen LogP contribution < -0.4 is 10.1 Å². The summed E-state index contributed by atoms with van der Waals surface area (Å²) in [5.41, 5.74) is 2.55. The number of ether oxygens (including phenoxy) is 3. The third-order valence-electron chi connectivity index (χ3n) is 7.40. The zero-order chi connectivity index (χ0) is 30.9. The van der Waals surface area contributed by atoms with Crippen LogP contribution >= 0.6 is 0 Å². The average Bonchev–Trinajstić information content (AvgIpc) is 3.01. The Kier molecular flexibility index (Phi) is 10.1. The van der Waals surface area contributed by atoms with E-state index in [-0.39, 0.29) is 24.5 Å². The molecule has 1 aliphatic rings. The lowest BCUT2D eigenvalue weighted by Gasteiger charge is -2.37. The Morgan fingerprint density at radius 1 is 0.864 bits per heavy atom. The van der Waals surface area contributed by atoms with Gasteiger partial charge in [0, 0.05) is 19.0 Å². The van der Waals surface area contributed by atoms with Gasteiger partial charge in [-0.05, 0) is 72.9 Å². The molecule has 1 saturated heterocycles. The number of carbonyl (C=O) groups is 2. The quantitative estimate of drug-likeness (QED) is 0.202. The third kappa shape index (κ3) is 9.05. The second-order valence-corrected chi connectivity index (χ2v) is 12.0. The Labute approximate surface area is 258 Å². The van der Waals surface area contributed by atoms with Gasteiger partial charge in [0.15, 0.2) is 6.61 Å². The summed E-state index contributed by atoms with van der Waals surface area (Å²) in [6.07, 6.45) is -0.250. The molecule has 230 valence electrons. The minimum atomic E-state index is -0.724. The first-order chi connectivity index (χ1) is 21.2. The van der Waals surface area contributed by atoms with E-state index in [9.17, 15) is 9.59 Å². The second-order valence-electron chi connectivity index (χ2n) is 12.0.